The van der Waals surface area contributed by atoms with E-state index in [0.29, 0.717) is 23.0 Å². The molecule has 8 nitrogen and oxygen atoms in total. The Labute approximate surface area is 174 Å². The van der Waals surface area contributed by atoms with E-state index in [1.165, 1.54) is 15.8 Å². The second-order valence-corrected chi connectivity index (χ2v) is 7.22. The van der Waals surface area contributed by atoms with E-state index in [0.717, 1.165) is 5.56 Å². The minimum atomic E-state index is -4.94. The number of hydrogen-bond donors (Lipinski definition) is 1. The number of halogens is 4. The number of carbonyl (C=O) groups is 2. The highest BCUT2D eigenvalue weighted by Gasteiger charge is 2.40. The van der Waals surface area contributed by atoms with Crippen molar-refractivity contribution >= 4 is 29.5 Å². The summed E-state index contributed by atoms with van der Waals surface area (Å²) >= 11 is 6.06. The lowest BCUT2D eigenvalue weighted by molar-refractivity contribution is -0.174. The van der Waals surface area contributed by atoms with E-state index in [1.54, 1.807) is 31.2 Å². The highest BCUT2D eigenvalue weighted by Crippen LogP contribution is 2.20. The molecule has 1 atom stereocenters. The van der Waals surface area contributed by atoms with Crippen molar-refractivity contribution in [2.75, 3.05) is 13.1 Å². The zero-order valence-electron chi connectivity index (χ0n) is 15.9. The minimum Gasteiger partial charge on any atom is -0.344 e. The number of nitrogens with zero attached hydrogens (tertiary/aromatic N) is 5. The second kappa shape index (κ2) is 8.82. The summed E-state index contributed by atoms with van der Waals surface area (Å²) in [4.78, 5) is 26.3. The summed E-state index contributed by atoms with van der Waals surface area (Å²) in [5.41, 5.74) is 1.48. The van der Waals surface area contributed by atoms with Crippen molar-refractivity contribution in [3.05, 3.63) is 46.2 Å². The summed E-state index contributed by atoms with van der Waals surface area (Å²) < 4.78 is 37.1. The fourth-order valence-corrected chi connectivity index (χ4v) is 3.22. The monoisotopic (exact) mass is 442 g/mol. The van der Waals surface area contributed by atoms with Crippen molar-refractivity contribution in [2.45, 2.75) is 32.1 Å². The van der Waals surface area contributed by atoms with E-state index in [-0.39, 0.29) is 25.4 Å². The van der Waals surface area contributed by atoms with Crippen molar-refractivity contribution in [3.8, 4) is 0 Å². The number of aromatic nitrogens is 4. The van der Waals surface area contributed by atoms with Gasteiger partial charge in [0.25, 0.3) is 0 Å². The predicted molar refractivity (Wildman–Crippen MR) is 101 cm³/mol. The van der Waals surface area contributed by atoms with Crippen LogP contribution in [0.3, 0.4) is 0 Å². The molecule has 160 valence electrons. The molecule has 1 N–H and O–H groups in total. The van der Waals surface area contributed by atoms with Gasteiger partial charge in [-0.1, -0.05) is 17.7 Å². The van der Waals surface area contributed by atoms with Crippen molar-refractivity contribution in [1.82, 2.24) is 30.4 Å². The van der Waals surface area contributed by atoms with Crippen molar-refractivity contribution in [2.24, 2.45) is 0 Å². The van der Waals surface area contributed by atoms with Gasteiger partial charge in [0.2, 0.25) is 5.91 Å². The third-order valence-electron chi connectivity index (χ3n) is 4.47. The largest absolute Gasteiger partial charge is 0.471 e. The molecule has 1 fully saturated rings. The summed E-state index contributed by atoms with van der Waals surface area (Å²) in [5.74, 6) is -1.85. The molecule has 0 saturated carbocycles. The van der Waals surface area contributed by atoms with Crippen LogP contribution in [0.15, 0.2) is 24.3 Å². The summed E-state index contributed by atoms with van der Waals surface area (Å²) in [6.45, 7) is 2.27. The van der Waals surface area contributed by atoms with Crippen LogP contribution in [0.4, 0.5) is 13.2 Å². The fourth-order valence-electron chi connectivity index (χ4n) is 3.03. The van der Waals surface area contributed by atoms with Gasteiger partial charge in [0.15, 0.2) is 5.82 Å². The van der Waals surface area contributed by atoms with E-state index < -0.39 is 18.1 Å². The number of aryl methyl sites for hydroxylation is 1. The number of likely N-dealkylation sites (tertiary alicyclic amines) is 1. The van der Waals surface area contributed by atoms with E-state index in [9.17, 15) is 22.8 Å². The van der Waals surface area contributed by atoms with Gasteiger partial charge in [-0.3, -0.25) is 9.59 Å². The van der Waals surface area contributed by atoms with Crippen LogP contribution in [0.5, 0.6) is 0 Å². The Hall–Kier alpha value is -2.95. The molecule has 1 aliphatic rings. The normalized spacial score (nSPS) is 17.0. The van der Waals surface area contributed by atoms with Gasteiger partial charge in [-0.05, 0) is 47.9 Å². The van der Waals surface area contributed by atoms with Gasteiger partial charge >= 0.3 is 12.1 Å². The molecular formula is C18H18ClF3N6O2. The lowest BCUT2D eigenvalue weighted by atomic mass is 10.1. The Morgan fingerprint density at radius 2 is 2.13 bits per heavy atom. The summed E-state index contributed by atoms with van der Waals surface area (Å²) in [7, 11) is 0. The molecule has 3 rings (SSSR count). The second-order valence-electron chi connectivity index (χ2n) is 6.78. The lowest BCUT2D eigenvalue weighted by Gasteiger charge is -2.16. The predicted octanol–water partition coefficient (Wildman–Crippen LogP) is 1.98. The zero-order chi connectivity index (χ0) is 21.9. The Kier molecular flexibility index (Phi) is 6.40. The molecule has 1 saturated heterocycles. The van der Waals surface area contributed by atoms with E-state index >= 15 is 0 Å². The molecule has 1 aromatic heterocycles. The lowest BCUT2D eigenvalue weighted by Crippen LogP contribution is -2.44. The minimum absolute atomic E-state index is 0.0145. The highest BCUT2D eigenvalue weighted by atomic mass is 35.5. The maximum Gasteiger partial charge on any atom is 0.471 e. The Bertz CT molecular complexity index is 975. The number of nitrogens with one attached hydrogen (secondary N) is 1. The first-order valence-electron chi connectivity index (χ1n) is 8.99. The van der Waals surface area contributed by atoms with E-state index in [4.69, 9.17) is 11.6 Å². The molecule has 2 heterocycles. The van der Waals surface area contributed by atoms with Crippen LogP contribution in [0, 0.1) is 6.92 Å². The molecule has 2 aromatic rings. The first kappa shape index (κ1) is 21.8. The van der Waals surface area contributed by atoms with Gasteiger partial charge in [0, 0.05) is 30.2 Å². The maximum absolute atomic E-state index is 12.4. The Balaban J connectivity index is 1.64. The van der Waals surface area contributed by atoms with Crippen LogP contribution in [-0.2, 0) is 16.1 Å². The van der Waals surface area contributed by atoms with Gasteiger partial charge in [-0.25, -0.2) is 0 Å². The van der Waals surface area contributed by atoms with Gasteiger partial charge in [0.05, 0.1) is 6.54 Å². The Morgan fingerprint density at radius 3 is 2.80 bits per heavy atom. The first-order chi connectivity index (χ1) is 14.1. The summed E-state index contributed by atoms with van der Waals surface area (Å²) in [6.07, 6.45) is -1.76. The van der Waals surface area contributed by atoms with Crippen LogP contribution in [0.1, 0.15) is 23.4 Å². The zero-order valence-corrected chi connectivity index (χ0v) is 16.6. The molecule has 2 amide bonds. The smallest absolute Gasteiger partial charge is 0.344 e. The van der Waals surface area contributed by atoms with Gasteiger partial charge in [-0.2, -0.15) is 18.0 Å². The highest BCUT2D eigenvalue weighted by molar-refractivity contribution is 6.30. The number of benzene rings is 1. The molecule has 30 heavy (non-hydrogen) atoms. The summed E-state index contributed by atoms with van der Waals surface area (Å²) in [5, 5.41) is 14.2. The van der Waals surface area contributed by atoms with Crippen LogP contribution in [-0.4, -0.2) is 62.2 Å². The number of tetrazole rings is 1. The molecule has 1 unspecified atom stereocenters. The van der Waals surface area contributed by atoms with Crippen LogP contribution < -0.4 is 5.32 Å². The number of rotatable bonds is 5. The van der Waals surface area contributed by atoms with Gasteiger partial charge in [0.1, 0.15) is 0 Å². The molecule has 0 radical (unpaired) electrons. The van der Waals surface area contributed by atoms with Crippen molar-refractivity contribution in [1.29, 1.82) is 0 Å². The number of alkyl halides is 3. The van der Waals surface area contributed by atoms with Crippen molar-refractivity contribution < 1.29 is 22.8 Å². The topological polar surface area (TPSA) is 93.0 Å². The quantitative estimate of drug-likeness (QED) is 0.715. The Morgan fingerprint density at radius 1 is 1.37 bits per heavy atom. The molecule has 0 aliphatic carbocycles. The van der Waals surface area contributed by atoms with Gasteiger partial charge in [-0.15, -0.1) is 10.2 Å². The molecule has 0 bridgehead atoms. The SMILES string of the molecule is Cc1nnn(Cc2cc(Cl)ccc2C=CC(=O)N2CCC(NC(=O)C(F)(F)F)C2)n1. The standard InChI is InChI=1S/C18H18ClF3N6O2/c1-11-24-26-28(25-11)9-13-8-14(19)4-2-12(13)3-5-16(29)27-7-6-15(10-27)23-17(30)18(20,21)22/h2-5,8,15H,6-7,9-10H2,1H3,(H,23,30). The molecular weight excluding hydrogens is 425 g/mol. The van der Waals surface area contributed by atoms with E-state index in [2.05, 4.69) is 15.4 Å². The molecule has 0 spiro atoms. The third kappa shape index (κ3) is 5.56. The molecule has 12 heteroatoms. The fraction of sp³-hybridized carbons (Fsp3) is 0.389. The van der Waals surface area contributed by atoms with Gasteiger partial charge < -0.3 is 10.2 Å². The molecule has 1 aromatic carbocycles. The van der Waals surface area contributed by atoms with Crippen LogP contribution in [0.25, 0.3) is 6.08 Å². The first-order valence-corrected chi connectivity index (χ1v) is 9.37. The van der Waals surface area contributed by atoms with Crippen LogP contribution >= 0.6 is 11.6 Å². The number of amides is 2. The average molecular weight is 443 g/mol. The van der Waals surface area contributed by atoms with E-state index in [1.807, 2.05) is 5.32 Å². The summed E-state index contributed by atoms with van der Waals surface area (Å²) in [6, 6.07) is 4.40. The third-order valence-corrected chi connectivity index (χ3v) is 4.70. The van der Waals surface area contributed by atoms with Crippen molar-refractivity contribution in [3.63, 3.8) is 0 Å². The van der Waals surface area contributed by atoms with Crippen LogP contribution in [0.2, 0.25) is 5.02 Å². The average Bonchev–Trinajstić information content (AvgIpc) is 3.29. The number of carbonyl (C=O) groups excluding carboxylic acids is 2. The number of hydrogen-bond acceptors (Lipinski definition) is 5. The molecule has 1 aliphatic heterocycles. The maximum atomic E-state index is 12.4.